The molecule has 1 unspecified atom stereocenters. The number of benzene rings is 2. The Morgan fingerprint density at radius 3 is 2.68 bits per heavy atom. The van der Waals surface area contributed by atoms with Crippen molar-refractivity contribution in [1.29, 1.82) is 0 Å². The van der Waals surface area contributed by atoms with Gasteiger partial charge in [0, 0.05) is 12.1 Å². The van der Waals surface area contributed by atoms with Gasteiger partial charge in [0.05, 0.1) is 33.2 Å². The van der Waals surface area contributed by atoms with Crippen LogP contribution in [0.25, 0.3) is 17.0 Å². The largest absolute Gasteiger partial charge is 0.322 e. The lowest BCUT2D eigenvalue weighted by atomic mass is 9.98. The zero-order valence-electron chi connectivity index (χ0n) is 16.1. The highest BCUT2D eigenvalue weighted by Gasteiger charge is 2.43. The first-order valence-corrected chi connectivity index (χ1v) is 9.81. The molecule has 4 aromatic rings. The fraction of sp³-hybridized carbons (Fsp3) is 0.143. The number of rotatable bonds is 3. The number of H-pyrrole nitrogens is 2. The minimum Gasteiger partial charge on any atom is -0.322 e. The molecule has 0 spiro atoms. The first-order chi connectivity index (χ1) is 14.8. The molecule has 1 aliphatic heterocycles. The van der Waals surface area contributed by atoms with Crippen LogP contribution in [0.2, 0.25) is 5.02 Å². The minimum atomic E-state index is -0.967. The Morgan fingerprint density at radius 2 is 1.94 bits per heavy atom. The zero-order chi connectivity index (χ0) is 21.9. The molecule has 5 rings (SSSR count). The standard InChI is InChI=1S/C21H15ClFN5O3/c1-10-18(20(31)28(26-10)21-24-15-4-2-3-5-16(15)25-21)12-9-17(29)27(19(12)30)11-6-7-14(23)13(22)8-11/h2-8,12,26H,9H2,1H3,(H,24,25). The van der Waals surface area contributed by atoms with Gasteiger partial charge in [0.1, 0.15) is 5.82 Å². The van der Waals surface area contributed by atoms with Crippen LogP contribution in [0, 0.1) is 12.7 Å². The van der Waals surface area contributed by atoms with Crippen molar-refractivity contribution >= 4 is 40.1 Å². The molecular weight excluding hydrogens is 425 g/mol. The van der Waals surface area contributed by atoms with E-state index in [9.17, 15) is 18.8 Å². The van der Waals surface area contributed by atoms with E-state index in [1.165, 1.54) is 16.8 Å². The maximum atomic E-state index is 13.5. The van der Waals surface area contributed by atoms with Crippen molar-refractivity contribution in [2.75, 3.05) is 4.90 Å². The summed E-state index contributed by atoms with van der Waals surface area (Å²) in [4.78, 5) is 47.3. The molecule has 0 aliphatic carbocycles. The predicted octanol–water partition coefficient (Wildman–Crippen LogP) is 3.19. The number of anilines is 1. The summed E-state index contributed by atoms with van der Waals surface area (Å²) in [7, 11) is 0. The first kappa shape index (κ1) is 19.3. The third-order valence-corrected chi connectivity index (χ3v) is 5.65. The Bertz CT molecular complexity index is 1400. The van der Waals surface area contributed by atoms with E-state index in [0.29, 0.717) is 11.2 Å². The van der Waals surface area contributed by atoms with E-state index in [0.717, 1.165) is 16.5 Å². The fourth-order valence-electron chi connectivity index (χ4n) is 3.92. The van der Waals surface area contributed by atoms with Gasteiger partial charge in [-0.15, -0.1) is 0 Å². The Kier molecular flexibility index (Phi) is 4.30. The van der Waals surface area contributed by atoms with Gasteiger partial charge in [-0.05, 0) is 37.3 Å². The van der Waals surface area contributed by atoms with Crippen LogP contribution in [-0.4, -0.2) is 31.6 Å². The van der Waals surface area contributed by atoms with Crippen LogP contribution in [0.3, 0.4) is 0 Å². The van der Waals surface area contributed by atoms with Crippen LogP contribution in [0.1, 0.15) is 23.6 Å². The molecule has 0 saturated carbocycles. The second kappa shape index (κ2) is 6.92. The summed E-state index contributed by atoms with van der Waals surface area (Å²) < 4.78 is 14.7. The van der Waals surface area contributed by atoms with Gasteiger partial charge in [-0.1, -0.05) is 23.7 Å². The van der Waals surface area contributed by atoms with Crippen LogP contribution >= 0.6 is 11.6 Å². The number of hydrogen-bond donors (Lipinski definition) is 2. The van der Waals surface area contributed by atoms with Crippen LogP contribution in [-0.2, 0) is 9.59 Å². The van der Waals surface area contributed by atoms with Gasteiger partial charge in [0.2, 0.25) is 17.8 Å². The van der Waals surface area contributed by atoms with E-state index in [2.05, 4.69) is 15.1 Å². The quantitative estimate of drug-likeness (QED) is 0.478. The average Bonchev–Trinajstić information content (AvgIpc) is 3.37. The summed E-state index contributed by atoms with van der Waals surface area (Å²) in [6.07, 6.45) is -0.179. The molecule has 0 bridgehead atoms. The molecule has 0 radical (unpaired) electrons. The minimum absolute atomic E-state index is 0.162. The number of nitrogens with zero attached hydrogens (tertiary/aromatic N) is 3. The van der Waals surface area contributed by atoms with Crippen molar-refractivity contribution in [1.82, 2.24) is 19.7 Å². The van der Waals surface area contributed by atoms with Gasteiger partial charge in [0.25, 0.3) is 5.56 Å². The number of aryl methyl sites for hydroxylation is 1. The number of para-hydroxylation sites is 2. The van der Waals surface area contributed by atoms with E-state index >= 15 is 0 Å². The summed E-state index contributed by atoms with van der Waals surface area (Å²) in [6.45, 7) is 1.66. The summed E-state index contributed by atoms with van der Waals surface area (Å²) in [5.74, 6) is -2.40. The van der Waals surface area contributed by atoms with Crippen molar-refractivity contribution < 1.29 is 14.0 Å². The number of aromatic amines is 2. The van der Waals surface area contributed by atoms with Crippen molar-refractivity contribution in [2.45, 2.75) is 19.3 Å². The van der Waals surface area contributed by atoms with Crippen LogP contribution in [0.5, 0.6) is 0 Å². The fourth-order valence-corrected chi connectivity index (χ4v) is 4.09. The normalized spacial score (nSPS) is 16.6. The van der Waals surface area contributed by atoms with Gasteiger partial charge in [-0.25, -0.2) is 14.3 Å². The van der Waals surface area contributed by atoms with Crippen LogP contribution < -0.4 is 10.5 Å². The third-order valence-electron chi connectivity index (χ3n) is 5.36. The van der Waals surface area contributed by atoms with Crippen LogP contribution in [0.15, 0.2) is 47.3 Å². The Morgan fingerprint density at radius 1 is 1.16 bits per heavy atom. The molecule has 31 heavy (non-hydrogen) atoms. The van der Waals surface area contributed by atoms with Crippen molar-refractivity contribution in [3.8, 4) is 5.95 Å². The Balaban J connectivity index is 1.55. The van der Waals surface area contributed by atoms with E-state index in [4.69, 9.17) is 11.6 Å². The molecule has 2 N–H and O–H groups in total. The Hall–Kier alpha value is -3.72. The number of fused-ring (bicyclic) bond motifs is 1. The first-order valence-electron chi connectivity index (χ1n) is 9.43. The topological polar surface area (TPSA) is 104 Å². The molecule has 1 fully saturated rings. The van der Waals surface area contributed by atoms with E-state index in [1.54, 1.807) is 6.92 Å². The Labute approximate surface area is 179 Å². The lowest BCUT2D eigenvalue weighted by Crippen LogP contribution is -2.31. The van der Waals surface area contributed by atoms with Gasteiger partial charge >= 0.3 is 0 Å². The number of nitrogens with one attached hydrogen (secondary N) is 2. The third kappa shape index (κ3) is 2.97. The molecule has 1 saturated heterocycles. The van der Waals surface area contributed by atoms with Gasteiger partial charge in [-0.3, -0.25) is 19.5 Å². The molecule has 10 heteroatoms. The maximum absolute atomic E-state index is 13.5. The number of halogens is 2. The second-order valence-corrected chi connectivity index (χ2v) is 7.70. The van der Waals surface area contributed by atoms with E-state index in [-0.39, 0.29) is 28.6 Å². The average molecular weight is 440 g/mol. The predicted molar refractivity (Wildman–Crippen MR) is 112 cm³/mol. The monoisotopic (exact) mass is 439 g/mol. The number of carbonyl (C=O) groups is 2. The molecule has 2 aromatic heterocycles. The maximum Gasteiger partial charge on any atom is 0.278 e. The lowest BCUT2D eigenvalue weighted by molar-refractivity contribution is -0.121. The molecule has 2 aromatic carbocycles. The van der Waals surface area contributed by atoms with Gasteiger partial charge in [0.15, 0.2) is 0 Å². The lowest BCUT2D eigenvalue weighted by Gasteiger charge is -2.15. The second-order valence-electron chi connectivity index (χ2n) is 7.29. The van der Waals surface area contributed by atoms with E-state index in [1.807, 2.05) is 24.3 Å². The molecule has 8 nitrogen and oxygen atoms in total. The molecular formula is C21H15ClFN5O3. The molecule has 3 heterocycles. The number of aromatic nitrogens is 4. The van der Waals surface area contributed by atoms with Crippen molar-refractivity contribution in [2.24, 2.45) is 0 Å². The van der Waals surface area contributed by atoms with Crippen molar-refractivity contribution in [3.63, 3.8) is 0 Å². The highest BCUT2D eigenvalue weighted by Crippen LogP contribution is 2.34. The molecule has 2 amide bonds. The molecule has 156 valence electrons. The number of hydrogen-bond acceptors (Lipinski definition) is 4. The summed E-state index contributed by atoms with van der Waals surface area (Å²) in [5, 5.41) is 2.73. The SMILES string of the molecule is Cc1[nH]n(-c2nc3ccccc3[nH]2)c(=O)c1C1CC(=O)N(c2ccc(F)c(Cl)c2)C1=O. The summed E-state index contributed by atoms with van der Waals surface area (Å²) in [6, 6.07) is 10.9. The number of imide groups is 1. The van der Waals surface area contributed by atoms with Gasteiger partial charge < -0.3 is 4.98 Å². The number of carbonyl (C=O) groups excluding carboxylic acids is 2. The highest BCUT2D eigenvalue weighted by molar-refractivity contribution is 6.31. The van der Waals surface area contributed by atoms with Crippen molar-refractivity contribution in [3.05, 3.63) is 74.9 Å². The molecule has 1 atom stereocenters. The molecule has 1 aliphatic rings. The summed E-state index contributed by atoms with van der Waals surface area (Å²) >= 11 is 5.80. The van der Waals surface area contributed by atoms with E-state index < -0.39 is 29.1 Å². The highest BCUT2D eigenvalue weighted by atomic mass is 35.5. The van der Waals surface area contributed by atoms with Gasteiger partial charge in [-0.2, -0.15) is 4.68 Å². The van der Waals surface area contributed by atoms with Crippen LogP contribution in [0.4, 0.5) is 10.1 Å². The zero-order valence-corrected chi connectivity index (χ0v) is 16.9. The smallest absolute Gasteiger partial charge is 0.278 e. The summed E-state index contributed by atoms with van der Waals surface area (Å²) in [5.41, 5.74) is 1.77. The number of amides is 2. The number of imidazole rings is 1.